The second-order valence-corrected chi connectivity index (χ2v) is 3.55. The molecule has 0 aromatic rings. The van der Waals surface area contributed by atoms with E-state index in [9.17, 15) is 14.4 Å². The Kier molecular flexibility index (Phi) is 9.80. The molecule has 0 radical (unpaired) electrons. The van der Waals surface area contributed by atoms with Gasteiger partial charge in [-0.05, 0) is 26.3 Å². The molecule has 0 aliphatic carbocycles. The average molecular weight is 259 g/mol. The van der Waals surface area contributed by atoms with Gasteiger partial charge in [-0.25, -0.2) is 0 Å². The van der Waals surface area contributed by atoms with E-state index < -0.39 is 11.8 Å². The first-order chi connectivity index (χ1) is 8.67. The third kappa shape index (κ3) is 6.97. The maximum atomic E-state index is 11.5. The predicted molar refractivity (Wildman–Crippen MR) is 65.6 cm³/mol. The van der Waals surface area contributed by atoms with E-state index in [1.165, 1.54) is 0 Å². The number of nitrogens with two attached hydrogens (primary N) is 1. The van der Waals surface area contributed by atoms with Crippen LogP contribution in [0.15, 0.2) is 0 Å². The van der Waals surface area contributed by atoms with Crippen LogP contribution >= 0.6 is 0 Å². The van der Waals surface area contributed by atoms with Gasteiger partial charge in [-0.15, -0.1) is 0 Å². The van der Waals surface area contributed by atoms with Crippen LogP contribution in [0.4, 0.5) is 0 Å². The summed E-state index contributed by atoms with van der Waals surface area (Å²) in [5.41, 5.74) is 5.27. The summed E-state index contributed by atoms with van der Waals surface area (Å²) < 4.78 is 5.08. The fourth-order valence-corrected chi connectivity index (χ4v) is 1.19. The molecule has 0 heterocycles. The molecule has 0 rings (SSSR count). The SMILES string of the molecule is CCOCCCNC(=O)C(=O)N(C=O)CCCN. The minimum atomic E-state index is -0.852. The number of carbonyl (C=O) groups excluding carboxylic acids is 3. The van der Waals surface area contributed by atoms with Gasteiger partial charge in [0.25, 0.3) is 0 Å². The number of nitrogens with zero attached hydrogens (tertiary/aromatic N) is 1. The van der Waals surface area contributed by atoms with E-state index in [1.54, 1.807) is 0 Å². The van der Waals surface area contributed by atoms with Crippen molar-refractivity contribution in [2.24, 2.45) is 5.73 Å². The molecule has 0 atom stereocenters. The molecule has 7 heteroatoms. The van der Waals surface area contributed by atoms with Crippen molar-refractivity contribution in [3.63, 3.8) is 0 Å². The predicted octanol–water partition coefficient (Wildman–Crippen LogP) is -1.14. The normalized spacial score (nSPS) is 9.89. The van der Waals surface area contributed by atoms with Gasteiger partial charge in [-0.1, -0.05) is 0 Å². The Morgan fingerprint density at radius 1 is 1.39 bits per heavy atom. The Morgan fingerprint density at radius 3 is 2.67 bits per heavy atom. The maximum absolute atomic E-state index is 11.5. The number of rotatable bonds is 9. The van der Waals surface area contributed by atoms with E-state index in [0.717, 1.165) is 4.90 Å². The first kappa shape index (κ1) is 16.5. The maximum Gasteiger partial charge on any atom is 0.318 e. The van der Waals surface area contributed by atoms with Crippen LogP contribution in [0.2, 0.25) is 0 Å². The Hall–Kier alpha value is -1.47. The van der Waals surface area contributed by atoms with Crippen LogP contribution in [0.5, 0.6) is 0 Å². The standard InChI is InChI=1S/C11H21N3O4/c1-2-18-8-4-6-13-10(16)11(17)14(9-15)7-3-5-12/h9H,2-8,12H2,1H3,(H,13,16). The molecule has 0 saturated carbocycles. The molecule has 3 amide bonds. The second-order valence-electron chi connectivity index (χ2n) is 3.55. The summed E-state index contributed by atoms with van der Waals surface area (Å²) in [6, 6.07) is 0. The summed E-state index contributed by atoms with van der Waals surface area (Å²) >= 11 is 0. The van der Waals surface area contributed by atoms with E-state index in [2.05, 4.69) is 5.32 Å². The summed E-state index contributed by atoms with van der Waals surface area (Å²) in [5.74, 6) is -1.63. The third-order valence-corrected chi connectivity index (χ3v) is 2.14. The lowest BCUT2D eigenvalue weighted by Crippen LogP contribution is -2.43. The molecular weight excluding hydrogens is 238 g/mol. The van der Waals surface area contributed by atoms with Gasteiger partial charge in [0.1, 0.15) is 0 Å². The Balaban J connectivity index is 3.92. The lowest BCUT2D eigenvalue weighted by Gasteiger charge is -2.14. The molecule has 7 nitrogen and oxygen atoms in total. The van der Waals surface area contributed by atoms with Gasteiger partial charge in [0, 0.05) is 26.3 Å². The molecular formula is C11H21N3O4. The van der Waals surface area contributed by atoms with Gasteiger partial charge in [0.2, 0.25) is 6.41 Å². The van der Waals surface area contributed by atoms with E-state index in [4.69, 9.17) is 10.5 Å². The number of nitrogens with one attached hydrogen (secondary N) is 1. The number of ether oxygens (including phenoxy) is 1. The quantitative estimate of drug-likeness (QED) is 0.310. The summed E-state index contributed by atoms with van der Waals surface area (Å²) in [5, 5.41) is 2.43. The summed E-state index contributed by atoms with van der Waals surface area (Å²) in [6.07, 6.45) is 1.44. The molecule has 104 valence electrons. The van der Waals surface area contributed by atoms with Gasteiger partial charge in [-0.2, -0.15) is 0 Å². The number of hydrogen-bond acceptors (Lipinski definition) is 5. The number of imide groups is 1. The summed E-state index contributed by atoms with van der Waals surface area (Å²) in [7, 11) is 0. The molecule has 0 bridgehead atoms. The van der Waals surface area contributed by atoms with E-state index >= 15 is 0 Å². The molecule has 0 aromatic carbocycles. The minimum absolute atomic E-state index is 0.158. The van der Waals surface area contributed by atoms with E-state index in [1.807, 2.05) is 6.92 Å². The van der Waals surface area contributed by atoms with Crippen LogP contribution in [0.25, 0.3) is 0 Å². The molecule has 0 saturated heterocycles. The number of amides is 3. The molecule has 0 aromatic heterocycles. The Bertz CT molecular complexity index is 271. The van der Waals surface area contributed by atoms with Crippen molar-refractivity contribution in [3.05, 3.63) is 0 Å². The highest BCUT2D eigenvalue weighted by atomic mass is 16.5. The monoisotopic (exact) mass is 259 g/mol. The third-order valence-electron chi connectivity index (χ3n) is 2.14. The zero-order chi connectivity index (χ0) is 13.8. The smallest absolute Gasteiger partial charge is 0.318 e. The summed E-state index contributed by atoms with van der Waals surface area (Å²) in [6.45, 7) is 3.87. The van der Waals surface area contributed by atoms with Crippen LogP contribution in [-0.2, 0) is 19.1 Å². The zero-order valence-corrected chi connectivity index (χ0v) is 10.7. The van der Waals surface area contributed by atoms with Gasteiger partial charge in [-0.3, -0.25) is 19.3 Å². The van der Waals surface area contributed by atoms with Gasteiger partial charge < -0.3 is 15.8 Å². The highest BCUT2D eigenvalue weighted by molar-refractivity contribution is 6.36. The lowest BCUT2D eigenvalue weighted by atomic mass is 10.3. The Labute approximate surface area is 107 Å². The van der Waals surface area contributed by atoms with Gasteiger partial charge >= 0.3 is 11.8 Å². The first-order valence-corrected chi connectivity index (χ1v) is 5.99. The average Bonchev–Trinajstić information content (AvgIpc) is 2.38. The van der Waals surface area contributed by atoms with Crippen molar-refractivity contribution in [2.75, 3.05) is 32.8 Å². The van der Waals surface area contributed by atoms with Crippen LogP contribution in [0, 0.1) is 0 Å². The Morgan fingerprint density at radius 2 is 2.11 bits per heavy atom. The van der Waals surface area contributed by atoms with Crippen molar-refractivity contribution >= 4 is 18.2 Å². The van der Waals surface area contributed by atoms with Crippen LogP contribution < -0.4 is 11.1 Å². The zero-order valence-electron chi connectivity index (χ0n) is 10.7. The molecule has 0 spiro atoms. The van der Waals surface area contributed by atoms with Crippen molar-refractivity contribution in [1.82, 2.24) is 10.2 Å². The van der Waals surface area contributed by atoms with E-state index in [-0.39, 0.29) is 6.54 Å². The highest BCUT2D eigenvalue weighted by Gasteiger charge is 2.20. The van der Waals surface area contributed by atoms with Crippen molar-refractivity contribution < 1.29 is 19.1 Å². The summed E-state index contributed by atoms with van der Waals surface area (Å²) in [4.78, 5) is 34.4. The van der Waals surface area contributed by atoms with Gasteiger partial charge in [0.05, 0.1) is 0 Å². The largest absolute Gasteiger partial charge is 0.382 e. The van der Waals surface area contributed by atoms with Crippen LogP contribution in [-0.4, -0.2) is 56.0 Å². The molecule has 0 aliphatic rings. The van der Waals surface area contributed by atoms with Crippen molar-refractivity contribution in [2.45, 2.75) is 19.8 Å². The van der Waals surface area contributed by atoms with Gasteiger partial charge in [0.15, 0.2) is 0 Å². The van der Waals surface area contributed by atoms with E-state index in [0.29, 0.717) is 45.6 Å². The lowest BCUT2D eigenvalue weighted by molar-refractivity contribution is -0.148. The molecule has 0 unspecified atom stereocenters. The fraction of sp³-hybridized carbons (Fsp3) is 0.727. The van der Waals surface area contributed by atoms with Crippen LogP contribution in [0.3, 0.4) is 0 Å². The number of carbonyl (C=O) groups is 3. The topological polar surface area (TPSA) is 102 Å². The number of hydrogen-bond donors (Lipinski definition) is 2. The van der Waals surface area contributed by atoms with Crippen molar-refractivity contribution in [3.8, 4) is 0 Å². The second kappa shape index (κ2) is 10.7. The molecule has 3 N–H and O–H groups in total. The minimum Gasteiger partial charge on any atom is -0.382 e. The molecule has 0 fully saturated rings. The molecule has 0 aliphatic heterocycles. The first-order valence-electron chi connectivity index (χ1n) is 5.99. The van der Waals surface area contributed by atoms with Crippen molar-refractivity contribution in [1.29, 1.82) is 0 Å². The highest BCUT2D eigenvalue weighted by Crippen LogP contribution is 1.89. The fourth-order valence-electron chi connectivity index (χ4n) is 1.19. The van der Waals surface area contributed by atoms with Crippen LogP contribution in [0.1, 0.15) is 19.8 Å². The molecule has 18 heavy (non-hydrogen) atoms.